The second kappa shape index (κ2) is 12.3. The first kappa shape index (κ1) is 26.6. The zero-order valence-corrected chi connectivity index (χ0v) is 24.0. The number of allylic oxidation sites excluding steroid dienone is 4. The Balaban J connectivity index is 1.32. The van der Waals surface area contributed by atoms with Crippen molar-refractivity contribution in [3.05, 3.63) is 170 Å². The van der Waals surface area contributed by atoms with Crippen LogP contribution < -0.4 is 0 Å². The fourth-order valence-electron chi connectivity index (χ4n) is 5.76. The first-order valence-corrected chi connectivity index (χ1v) is 14.9. The van der Waals surface area contributed by atoms with Gasteiger partial charge in [0, 0.05) is 22.4 Å². The lowest BCUT2D eigenvalue weighted by atomic mass is 9.92. The standard InChI is InChI=1S/C41H32N2/c1-5-14-30(15-6-1)24-38-26-36(27-39(42-38)31-16-7-2-8-17-31)34-22-13-23-35(25-34)37-28-40(32-18-9-3-10-19-32)43-41(29-37)33-20-11-4-12-21-33/h1-14,16-23,25-30H,15,24H2. The van der Waals surface area contributed by atoms with Crippen LogP contribution >= 0.6 is 0 Å². The van der Waals surface area contributed by atoms with Gasteiger partial charge in [0.15, 0.2) is 0 Å². The molecule has 43 heavy (non-hydrogen) atoms. The molecule has 1 aliphatic carbocycles. The summed E-state index contributed by atoms with van der Waals surface area (Å²) in [5.74, 6) is 0.465. The summed E-state index contributed by atoms with van der Waals surface area (Å²) in [6.45, 7) is 0. The summed E-state index contributed by atoms with van der Waals surface area (Å²) in [7, 11) is 0. The van der Waals surface area contributed by atoms with Gasteiger partial charge in [-0.05, 0) is 71.3 Å². The lowest BCUT2D eigenvalue weighted by molar-refractivity contribution is 0.642. The van der Waals surface area contributed by atoms with E-state index in [2.05, 4.69) is 152 Å². The third-order valence-corrected chi connectivity index (χ3v) is 7.98. The Hall–Kier alpha value is -5.34. The molecule has 4 aromatic carbocycles. The summed E-state index contributed by atoms with van der Waals surface area (Å²) in [6, 6.07) is 49.1. The first-order chi connectivity index (χ1) is 21.3. The molecule has 1 aliphatic rings. The Labute approximate surface area is 253 Å². The molecule has 2 heterocycles. The van der Waals surface area contributed by atoms with Gasteiger partial charge in [0.25, 0.3) is 0 Å². The van der Waals surface area contributed by atoms with Crippen molar-refractivity contribution >= 4 is 0 Å². The van der Waals surface area contributed by atoms with Gasteiger partial charge in [0.1, 0.15) is 0 Å². The molecule has 0 fully saturated rings. The highest BCUT2D eigenvalue weighted by Crippen LogP contribution is 2.34. The van der Waals surface area contributed by atoms with Crippen LogP contribution in [0.2, 0.25) is 0 Å². The molecule has 206 valence electrons. The third-order valence-electron chi connectivity index (χ3n) is 7.98. The van der Waals surface area contributed by atoms with E-state index < -0.39 is 0 Å². The van der Waals surface area contributed by atoms with Crippen LogP contribution in [0.15, 0.2) is 164 Å². The average Bonchev–Trinajstić information content (AvgIpc) is 3.09. The van der Waals surface area contributed by atoms with Crippen LogP contribution in [-0.4, -0.2) is 9.97 Å². The molecule has 0 spiro atoms. The Kier molecular flexibility index (Phi) is 7.57. The summed E-state index contributed by atoms with van der Waals surface area (Å²) >= 11 is 0. The number of hydrogen-bond donors (Lipinski definition) is 0. The van der Waals surface area contributed by atoms with Gasteiger partial charge in [-0.25, -0.2) is 4.98 Å². The zero-order valence-electron chi connectivity index (χ0n) is 24.0. The van der Waals surface area contributed by atoms with Crippen LogP contribution in [0.4, 0.5) is 0 Å². The van der Waals surface area contributed by atoms with E-state index in [0.29, 0.717) is 5.92 Å². The summed E-state index contributed by atoms with van der Waals surface area (Å²) in [6.07, 6.45) is 10.8. The minimum Gasteiger partial charge on any atom is -0.253 e. The zero-order chi connectivity index (χ0) is 28.8. The summed E-state index contributed by atoms with van der Waals surface area (Å²) in [5, 5.41) is 0. The second-order valence-corrected chi connectivity index (χ2v) is 11.1. The van der Waals surface area contributed by atoms with E-state index in [-0.39, 0.29) is 0 Å². The number of pyridine rings is 2. The van der Waals surface area contributed by atoms with Gasteiger partial charge < -0.3 is 0 Å². The fraction of sp³-hybridized carbons (Fsp3) is 0.0732. The van der Waals surface area contributed by atoms with E-state index in [9.17, 15) is 0 Å². The highest BCUT2D eigenvalue weighted by atomic mass is 14.7. The molecule has 0 radical (unpaired) electrons. The first-order valence-electron chi connectivity index (χ1n) is 14.9. The summed E-state index contributed by atoms with van der Waals surface area (Å²) < 4.78 is 0. The predicted octanol–water partition coefficient (Wildman–Crippen LogP) is 10.5. The van der Waals surface area contributed by atoms with Crippen molar-refractivity contribution < 1.29 is 0 Å². The van der Waals surface area contributed by atoms with E-state index >= 15 is 0 Å². The van der Waals surface area contributed by atoms with Crippen molar-refractivity contribution in [2.75, 3.05) is 0 Å². The van der Waals surface area contributed by atoms with Crippen LogP contribution in [0.25, 0.3) is 56.0 Å². The fourth-order valence-corrected chi connectivity index (χ4v) is 5.76. The third kappa shape index (κ3) is 6.14. The van der Waals surface area contributed by atoms with E-state index in [1.807, 2.05) is 12.1 Å². The van der Waals surface area contributed by atoms with Gasteiger partial charge >= 0.3 is 0 Å². The van der Waals surface area contributed by atoms with Crippen LogP contribution in [0.1, 0.15) is 12.1 Å². The van der Waals surface area contributed by atoms with E-state index in [1.54, 1.807) is 0 Å². The Morgan fingerprint density at radius 3 is 1.44 bits per heavy atom. The highest BCUT2D eigenvalue weighted by molar-refractivity contribution is 5.80. The molecule has 1 unspecified atom stereocenters. The predicted molar refractivity (Wildman–Crippen MR) is 179 cm³/mol. The van der Waals surface area contributed by atoms with Gasteiger partial charge in [-0.15, -0.1) is 0 Å². The van der Waals surface area contributed by atoms with Gasteiger partial charge in [-0.1, -0.05) is 133 Å². The molecule has 2 heteroatoms. The highest BCUT2D eigenvalue weighted by Gasteiger charge is 2.14. The molecule has 2 nitrogen and oxygen atoms in total. The summed E-state index contributed by atoms with van der Waals surface area (Å²) in [5.41, 5.74) is 12.1. The Bertz CT molecular complexity index is 1850. The molecule has 1 atom stereocenters. The molecular formula is C41H32N2. The minimum absolute atomic E-state index is 0.465. The van der Waals surface area contributed by atoms with Crippen molar-refractivity contribution in [2.24, 2.45) is 5.92 Å². The molecule has 6 aromatic rings. The molecule has 0 amide bonds. The SMILES string of the molecule is C1=CCC(Cc2cc(-c3cccc(-c4cc(-c5ccccc5)nc(-c5ccccc5)c4)c3)cc(-c3ccccc3)n2)C=C1. The number of hydrogen-bond acceptors (Lipinski definition) is 2. The summed E-state index contributed by atoms with van der Waals surface area (Å²) in [4.78, 5) is 10.2. The molecule has 0 saturated heterocycles. The average molecular weight is 553 g/mol. The maximum atomic E-state index is 5.13. The van der Waals surface area contributed by atoms with E-state index in [4.69, 9.17) is 9.97 Å². The van der Waals surface area contributed by atoms with Crippen LogP contribution in [0.3, 0.4) is 0 Å². The van der Waals surface area contributed by atoms with Gasteiger partial charge in [-0.3, -0.25) is 4.98 Å². The van der Waals surface area contributed by atoms with Crippen molar-refractivity contribution in [1.29, 1.82) is 0 Å². The van der Waals surface area contributed by atoms with Gasteiger partial charge in [0.2, 0.25) is 0 Å². The second-order valence-electron chi connectivity index (χ2n) is 11.1. The maximum Gasteiger partial charge on any atom is 0.0715 e. The Morgan fingerprint density at radius 1 is 0.442 bits per heavy atom. The van der Waals surface area contributed by atoms with Crippen molar-refractivity contribution in [3.63, 3.8) is 0 Å². The molecule has 7 rings (SSSR count). The monoisotopic (exact) mass is 552 g/mol. The molecule has 2 aromatic heterocycles. The minimum atomic E-state index is 0.465. The van der Waals surface area contributed by atoms with Crippen molar-refractivity contribution in [3.8, 4) is 56.0 Å². The lowest BCUT2D eigenvalue weighted by Crippen LogP contribution is -2.05. The van der Waals surface area contributed by atoms with Crippen molar-refractivity contribution in [2.45, 2.75) is 12.8 Å². The topological polar surface area (TPSA) is 25.8 Å². The normalized spacial score (nSPS) is 14.1. The smallest absolute Gasteiger partial charge is 0.0715 e. The molecule has 0 aliphatic heterocycles. The van der Waals surface area contributed by atoms with Crippen LogP contribution in [0.5, 0.6) is 0 Å². The number of benzene rings is 4. The Morgan fingerprint density at radius 2 is 0.930 bits per heavy atom. The van der Waals surface area contributed by atoms with Gasteiger partial charge in [-0.2, -0.15) is 0 Å². The van der Waals surface area contributed by atoms with Crippen molar-refractivity contribution in [1.82, 2.24) is 9.97 Å². The molecular weight excluding hydrogens is 520 g/mol. The van der Waals surface area contributed by atoms with E-state index in [0.717, 1.165) is 63.4 Å². The quantitative estimate of drug-likeness (QED) is 0.197. The number of rotatable bonds is 7. The molecule has 0 N–H and O–H groups in total. The number of aromatic nitrogens is 2. The maximum absolute atomic E-state index is 5.13. The van der Waals surface area contributed by atoms with Crippen LogP contribution in [-0.2, 0) is 6.42 Å². The largest absolute Gasteiger partial charge is 0.253 e. The molecule has 0 bridgehead atoms. The lowest BCUT2D eigenvalue weighted by Gasteiger charge is -2.15. The van der Waals surface area contributed by atoms with Crippen LogP contribution in [0, 0.1) is 5.92 Å². The molecule has 0 saturated carbocycles. The van der Waals surface area contributed by atoms with Gasteiger partial charge in [0.05, 0.1) is 17.1 Å². The number of nitrogens with zero attached hydrogens (tertiary/aromatic N) is 2. The van der Waals surface area contributed by atoms with E-state index in [1.165, 1.54) is 11.1 Å².